The molecule has 1 amide bonds. The lowest BCUT2D eigenvalue weighted by atomic mass is 9.96. The monoisotopic (exact) mass is 493 g/mol. The number of nitrogens with zero attached hydrogens (tertiary/aromatic N) is 2. The van der Waals surface area contributed by atoms with E-state index in [0.29, 0.717) is 21.5 Å². The fourth-order valence-corrected chi connectivity index (χ4v) is 5.33. The lowest BCUT2D eigenvalue weighted by Gasteiger charge is -2.10. The number of thiophene rings is 1. The van der Waals surface area contributed by atoms with Crippen molar-refractivity contribution in [3.8, 4) is 6.07 Å². The van der Waals surface area contributed by atoms with Crippen LogP contribution in [0, 0.1) is 11.3 Å². The van der Waals surface area contributed by atoms with Gasteiger partial charge in [-0.3, -0.25) is 4.79 Å². The number of halogens is 3. The molecule has 1 N–H and O–H groups in total. The molecule has 5 rings (SSSR count). The van der Waals surface area contributed by atoms with Crippen molar-refractivity contribution in [2.24, 2.45) is 4.99 Å². The number of rotatable bonds is 3. The predicted octanol–water partition coefficient (Wildman–Crippen LogP) is 6.75. The van der Waals surface area contributed by atoms with E-state index in [0.717, 1.165) is 48.3 Å². The molecule has 1 aliphatic carbocycles. The summed E-state index contributed by atoms with van der Waals surface area (Å²) in [6.45, 7) is 0. The second kappa shape index (κ2) is 9.04. The predicted molar refractivity (Wildman–Crippen MR) is 127 cm³/mol. The third-order valence-corrected chi connectivity index (χ3v) is 7.00. The first kappa shape index (κ1) is 22.9. The largest absolute Gasteiger partial charge is 0.437 e. The van der Waals surface area contributed by atoms with Crippen LogP contribution in [0.25, 0.3) is 11.0 Å². The third-order valence-electron chi connectivity index (χ3n) is 5.82. The fraction of sp³-hybridized carbons (Fsp3) is 0.192. The van der Waals surface area contributed by atoms with E-state index in [1.165, 1.54) is 23.5 Å². The van der Waals surface area contributed by atoms with E-state index in [4.69, 9.17) is 4.42 Å². The zero-order valence-corrected chi connectivity index (χ0v) is 19.1. The van der Waals surface area contributed by atoms with Crippen molar-refractivity contribution < 1.29 is 22.4 Å². The molecule has 4 aromatic rings. The molecule has 0 fully saturated rings. The van der Waals surface area contributed by atoms with Gasteiger partial charge in [-0.2, -0.15) is 18.4 Å². The summed E-state index contributed by atoms with van der Waals surface area (Å²) >= 11 is 1.41. The molecule has 0 saturated heterocycles. The first-order valence-electron chi connectivity index (χ1n) is 10.9. The molecule has 0 atom stereocenters. The number of amides is 1. The Morgan fingerprint density at radius 1 is 1.09 bits per heavy atom. The highest BCUT2D eigenvalue weighted by Crippen LogP contribution is 2.39. The number of alkyl halides is 3. The number of para-hydroxylation sites is 1. The van der Waals surface area contributed by atoms with Crippen molar-refractivity contribution in [3.05, 3.63) is 87.3 Å². The van der Waals surface area contributed by atoms with Crippen LogP contribution in [0.3, 0.4) is 0 Å². The molecule has 35 heavy (non-hydrogen) atoms. The summed E-state index contributed by atoms with van der Waals surface area (Å²) in [6.07, 6.45) is -0.804. The maximum atomic E-state index is 13.2. The van der Waals surface area contributed by atoms with Crippen LogP contribution in [0.5, 0.6) is 0 Å². The first-order valence-corrected chi connectivity index (χ1v) is 11.8. The van der Waals surface area contributed by atoms with Crippen LogP contribution in [0.15, 0.2) is 64.0 Å². The highest BCUT2D eigenvalue weighted by atomic mass is 32.1. The number of aryl methyl sites for hydroxylation is 1. The van der Waals surface area contributed by atoms with Gasteiger partial charge in [-0.05, 0) is 61.6 Å². The van der Waals surface area contributed by atoms with Crippen LogP contribution in [-0.2, 0) is 19.0 Å². The van der Waals surface area contributed by atoms with Gasteiger partial charge in [0.1, 0.15) is 22.2 Å². The molecule has 176 valence electrons. The number of hydrogen-bond acceptors (Lipinski definition) is 5. The number of carbonyl (C=O) groups excluding carboxylic acids is 1. The summed E-state index contributed by atoms with van der Waals surface area (Å²) in [5.41, 5.74) is 1.14. The van der Waals surface area contributed by atoms with E-state index in [1.807, 2.05) is 0 Å². The molecule has 0 bridgehead atoms. The van der Waals surface area contributed by atoms with Gasteiger partial charge in [-0.15, -0.1) is 11.3 Å². The van der Waals surface area contributed by atoms with Crippen LogP contribution in [0.4, 0.5) is 23.9 Å². The van der Waals surface area contributed by atoms with Gasteiger partial charge < -0.3 is 9.73 Å². The van der Waals surface area contributed by atoms with E-state index in [9.17, 15) is 23.2 Å². The summed E-state index contributed by atoms with van der Waals surface area (Å²) in [5.74, 6) is -0.669. The summed E-state index contributed by atoms with van der Waals surface area (Å²) in [7, 11) is 0. The fourth-order valence-electron chi connectivity index (χ4n) is 4.12. The Balaban J connectivity index is 1.62. The van der Waals surface area contributed by atoms with Gasteiger partial charge in [0.05, 0.1) is 11.1 Å². The Bertz CT molecular complexity index is 1560. The van der Waals surface area contributed by atoms with Crippen molar-refractivity contribution in [3.63, 3.8) is 0 Å². The zero-order valence-electron chi connectivity index (χ0n) is 18.3. The van der Waals surface area contributed by atoms with Crippen molar-refractivity contribution in [2.75, 3.05) is 5.32 Å². The first-order chi connectivity index (χ1) is 16.8. The number of fused-ring (bicyclic) bond motifs is 2. The molecule has 9 heteroatoms. The Labute approximate surface area is 202 Å². The van der Waals surface area contributed by atoms with E-state index in [1.54, 1.807) is 30.3 Å². The molecule has 2 aromatic carbocycles. The molecular weight excluding hydrogens is 475 g/mol. The second-order valence-electron chi connectivity index (χ2n) is 8.15. The van der Waals surface area contributed by atoms with Gasteiger partial charge in [0.15, 0.2) is 0 Å². The average molecular weight is 494 g/mol. The van der Waals surface area contributed by atoms with Crippen LogP contribution < -0.4 is 10.9 Å². The Hall–Kier alpha value is -3.90. The standard InChI is InChI=1S/C26H18F3N3O2S/c27-26(28,29)16-7-5-8-17(13-16)31-23(33)19-12-15-6-1-3-10-21(15)34-24(19)32-25-20(14-30)18-9-2-4-11-22(18)35-25/h1,3,5-8,10,12-13H,2,4,9,11H2,(H,31,33)/b32-24-. The van der Waals surface area contributed by atoms with Crippen molar-refractivity contribution in [2.45, 2.75) is 31.9 Å². The Kier molecular flexibility index (Phi) is 5.91. The molecule has 2 aromatic heterocycles. The molecule has 1 aliphatic rings. The molecule has 0 unspecified atom stereocenters. The number of nitriles is 1. The normalized spacial score (nSPS) is 13.9. The summed E-state index contributed by atoms with van der Waals surface area (Å²) in [6, 6.07) is 15.3. The van der Waals surface area contributed by atoms with Crippen LogP contribution in [0.2, 0.25) is 0 Å². The molecule has 0 radical (unpaired) electrons. The Morgan fingerprint density at radius 3 is 2.69 bits per heavy atom. The van der Waals surface area contributed by atoms with Crippen molar-refractivity contribution in [1.82, 2.24) is 0 Å². The molecule has 2 heterocycles. The number of carbonyl (C=O) groups is 1. The minimum Gasteiger partial charge on any atom is -0.437 e. The van der Waals surface area contributed by atoms with Gasteiger partial charge >= 0.3 is 6.18 Å². The maximum Gasteiger partial charge on any atom is 0.416 e. The van der Waals surface area contributed by atoms with Crippen molar-refractivity contribution in [1.29, 1.82) is 5.26 Å². The highest BCUT2D eigenvalue weighted by Gasteiger charge is 2.30. The van der Waals surface area contributed by atoms with E-state index >= 15 is 0 Å². The minimum absolute atomic E-state index is 0.00626. The zero-order chi connectivity index (χ0) is 24.6. The van der Waals surface area contributed by atoms with Gasteiger partial charge in [0.25, 0.3) is 5.91 Å². The SMILES string of the molecule is N#Cc1c(/N=c2\oc3ccccc3cc2C(=O)Nc2cccc(C(F)(F)F)c2)sc2c1CCCC2. The molecule has 0 aliphatic heterocycles. The van der Waals surface area contributed by atoms with Crippen LogP contribution in [0.1, 0.15) is 44.8 Å². The number of hydrogen-bond donors (Lipinski definition) is 1. The van der Waals surface area contributed by atoms with E-state index in [2.05, 4.69) is 16.4 Å². The molecular formula is C26H18F3N3O2S. The molecule has 5 nitrogen and oxygen atoms in total. The van der Waals surface area contributed by atoms with Gasteiger partial charge in [-0.25, -0.2) is 4.99 Å². The van der Waals surface area contributed by atoms with Crippen LogP contribution >= 0.6 is 11.3 Å². The number of benzene rings is 2. The lowest BCUT2D eigenvalue weighted by Crippen LogP contribution is -2.22. The van der Waals surface area contributed by atoms with Crippen molar-refractivity contribution >= 4 is 38.9 Å². The summed E-state index contributed by atoms with van der Waals surface area (Å²) in [4.78, 5) is 18.9. The summed E-state index contributed by atoms with van der Waals surface area (Å²) in [5, 5.41) is 13.4. The summed E-state index contributed by atoms with van der Waals surface area (Å²) < 4.78 is 45.3. The molecule has 0 saturated carbocycles. The average Bonchev–Trinajstić information content (AvgIpc) is 3.20. The van der Waals surface area contributed by atoms with Gasteiger partial charge in [0, 0.05) is 16.0 Å². The van der Waals surface area contributed by atoms with Gasteiger partial charge in [0.2, 0.25) is 5.55 Å². The van der Waals surface area contributed by atoms with E-state index in [-0.39, 0.29) is 16.8 Å². The molecule has 0 spiro atoms. The van der Waals surface area contributed by atoms with E-state index < -0.39 is 17.6 Å². The van der Waals surface area contributed by atoms with Gasteiger partial charge in [-0.1, -0.05) is 24.3 Å². The quantitative estimate of drug-likeness (QED) is 0.343. The number of nitrogens with one attached hydrogen (secondary N) is 1. The highest BCUT2D eigenvalue weighted by molar-refractivity contribution is 7.16. The lowest BCUT2D eigenvalue weighted by molar-refractivity contribution is -0.137. The smallest absolute Gasteiger partial charge is 0.416 e. The maximum absolute atomic E-state index is 13.2. The topological polar surface area (TPSA) is 78.4 Å². The third kappa shape index (κ3) is 4.57. The number of anilines is 1. The second-order valence-corrected chi connectivity index (χ2v) is 9.23. The minimum atomic E-state index is -4.54. The van der Waals surface area contributed by atoms with Crippen LogP contribution in [-0.4, -0.2) is 5.91 Å². The Morgan fingerprint density at radius 2 is 1.89 bits per heavy atom.